The predicted octanol–water partition coefficient (Wildman–Crippen LogP) is 2.66. The summed E-state index contributed by atoms with van der Waals surface area (Å²) in [6, 6.07) is 8.45. The number of fused-ring (bicyclic) bond motifs is 1. The standard InChI is InChI=1S/C21H18N4O5S2/c1-29-14-6-5-12(8-15(14)30-2)19(27)24-23-17(26)9-25-11-22-20-18(21(25)28)13(10-32-20)16-4-3-7-31-16/h3-8,10-11H,9H2,1-2H3,(H,23,26)(H,24,27). The summed E-state index contributed by atoms with van der Waals surface area (Å²) in [6.45, 7) is -0.298. The Kier molecular flexibility index (Phi) is 6.19. The van der Waals surface area contributed by atoms with Crippen LogP contribution in [0.4, 0.5) is 0 Å². The lowest BCUT2D eigenvalue weighted by molar-refractivity contribution is -0.122. The molecule has 164 valence electrons. The highest BCUT2D eigenvalue weighted by molar-refractivity contribution is 7.18. The zero-order chi connectivity index (χ0) is 22.7. The summed E-state index contributed by atoms with van der Waals surface area (Å²) >= 11 is 2.90. The molecule has 2 amide bonds. The number of benzene rings is 1. The first-order valence-corrected chi connectivity index (χ1v) is 11.1. The molecule has 3 heterocycles. The Bertz CT molecular complexity index is 1340. The smallest absolute Gasteiger partial charge is 0.269 e. The molecule has 0 aliphatic carbocycles. The zero-order valence-corrected chi connectivity index (χ0v) is 18.7. The van der Waals surface area contributed by atoms with E-state index < -0.39 is 11.8 Å². The van der Waals surface area contributed by atoms with Gasteiger partial charge in [-0.05, 0) is 29.6 Å². The summed E-state index contributed by atoms with van der Waals surface area (Å²) < 4.78 is 11.5. The molecular formula is C21H18N4O5S2. The Balaban J connectivity index is 1.46. The van der Waals surface area contributed by atoms with Gasteiger partial charge in [-0.25, -0.2) is 4.98 Å². The third-order valence-electron chi connectivity index (χ3n) is 4.62. The molecule has 11 heteroatoms. The number of nitrogens with one attached hydrogen (secondary N) is 2. The van der Waals surface area contributed by atoms with Crippen LogP contribution in [0.1, 0.15) is 10.4 Å². The number of amides is 2. The zero-order valence-electron chi connectivity index (χ0n) is 17.1. The Morgan fingerprint density at radius 3 is 2.62 bits per heavy atom. The average Bonchev–Trinajstić information content (AvgIpc) is 3.49. The van der Waals surface area contributed by atoms with Crippen molar-refractivity contribution in [2.24, 2.45) is 0 Å². The largest absolute Gasteiger partial charge is 0.493 e. The molecule has 3 aromatic heterocycles. The molecule has 0 saturated carbocycles. The average molecular weight is 471 g/mol. The number of aromatic nitrogens is 2. The number of carbonyl (C=O) groups excluding carboxylic acids is 2. The second kappa shape index (κ2) is 9.20. The molecule has 32 heavy (non-hydrogen) atoms. The Hall–Kier alpha value is -3.70. The molecule has 2 N–H and O–H groups in total. The van der Waals surface area contributed by atoms with Crippen molar-refractivity contribution in [3.8, 4) is 21.9 Å². The summed E-state index contributed by atoms with van der Waals surface area (Å²) in [5, 5.41) is 4.29. The molecule has 9 nitrogen and oxygen atoms in total. The van der Waals surface area contributed by atoms with E-state index in [4.69, 9.17) is 9.47 Å². The van der Waals surface area contributed by atoms with Gasteiger partial charge in [0.15, 0.2) is 11.5 Å². The van der Waals surface area contributed by atoms with Crippen molar-refractivity contribution < 1.29 is 19.1 Å². The SMILES string of the molecule is COc1ccc(C(=O)NNC(=O)Cn2cnc3scc(-c4cccs4)c3c2=O)cc1OC. The molecule has 0 unspecified atom stereocenters. The second-order valence-electron chi connectivity index (χ2n) is 6.56. The van der Waals surface area contributed by atoms with Gasteiger partial charge >= 0.3 is 0 Å². The van der Waals surface area contributed by atoms with Crippen molar-refractivity contribution >= 4 is 44.7 Å². The molecule has 0 radical (unpaired) electrons. The second-order valence-corrected chi connectivity index (χ2v) is 8.36. The van der Waals surface area contributed by atoms with Crippen molar-refractivity contribution in [1.29, 1.82) is 0 Å². The quantitative estimate of drug-likeness (QED) is 0.419. The molecule has 0 aliphatic heterocycles. The van der Waals surface area contributed by atoms with E-state index >= 15 is 0 Å². The maximum Gasteiger partial charge on any atom is 0.269 e. The minimum absolute atomic E-state index is 0.266. The predicted molar refractivity (Wildman–Crippen MR) is 122 cm³/mol. The Labute approximate surface area is 190 Å². The van der Waals surface area contributed by atoms with Gasteiger partial charge < -0.3 is 9.47 Å². The lowest BCUT2D eigenvalue weighted by Gasteiger charge is -2.11. The Morgan fingerprint density at radius 1 is 1.09 bits per heavy atom. The third kappa shape index (κ3) is 4.20. The number of hydrazine groups is 1. The van der Waals surface area contributed by atoms with E-state index in [0.29, 0.717) is 21.7 Å². The fourth-order valence-electron chi connectivity index (χ4n) is 3.06. The molecule has 0 fully saturated rings. The van der Waals surface area contributed by atoms with Crippen LogP contribution in [0.15, 0.2) is 52.2 Å². The molecule has 4 rings (SSSR count). The van der Waals surface area contributed by atoms with Crippen LogP contribution in [0.3, 0.4) is 0 Å². The van der Waals surface area contributed by atoms with Gasteiger partial charge in [-0.3, -0.25) is 29.8 Å². The van der Waals surface area contributed by atoms with Gasteiger partial charge in [0, 0.05) is 21.4 Å². The number of ether oxygens (including phenoxy) is 2. The van der Waals surface area contributed by atoms with Crippen molar-refractivity contribution in [2.75, 3.05) is 14.2 Å². The number of thiophene rings is 2. The molecule has 0 bridgehead atoms. The van der Waals surface area contributed by atoms with E-state index in [1.54, 1.807) is 6.07 Å². The maximum atomic E-state index is 13.0. The fourth-order valence-corrected chi connectivity index (χ4v) is 4.78. The van der Waals surface area contributed by atoms with Crippen LogP contribution in [0.25, 0.3) is 20.7 Å². The number of hydrogen-bond acceptors (Lipinski definition) is 8. The lowest BCUT2D eigenvalue weighted by Crippen LogP contribution is -2.44. The summed E-state index contributed by atoms with van der Waals surface area (Å²) in [5.41, 5.74) is 5.39. The van der Waals surface area contributed by atoms with Crippen molar-refractivity contribution in [2.45, 2.75) is 6.54 Å². The van der Waals surface area contributed by atoms with Crippen molar-refractivity contribution in [3.63, 3.8) is 0 Å². The molecule has 0 atom stereocenters. The van der Waals surface area contributed by atoms with E-state index in [0.717, 1.165) is 10.4 Å². The molecule has 0 saturated heterocycles. The van der Waals surface area contributed by atoms with Crippen LogP contribution < -0.4 is 25.9 Å². The molecular weight excluding hydrogens is 452 g/mol. The van der Waals surface area contributed by atoms with E-state index in [1.807, 2.05) is 22.9 Å². The highest BCUT2D eigenvalue weighted by Crippen LogP contribution is 2.33. The number of rotatable bonds is 6. The van der Waals surface area contributed by atoms with Gasteiger partial charge in [0.05, 0.1) is 25.9 Å². The number of carbonyl (C=O) groups is 2. The first-order chi connectivity index (χ1) is 15.5. The summed E-state index contributed by atoms with van der Waals surface area (Å²) in [5.74, 6) is -0.256. The summed E-state index contributed by atoms with van der Waals surface area (Å²) in [6.07, 6.45) is 1.33. The van der Waals surface area contributed by atoms with E-state index in [9.17, 15) is 14.4 Å². The van der Waals surface area contributed by atoms with E-state index in [-0.39, 0.29) is 17.7 Å². The minimum Gasteiger partial charge on any atom is -0.493 e. The van der Waals surface area contributed by atoms with Gasteiger partial charge in [0.1, 0.15) is 11.4 Å². The maximum absolute atomic E-state index is 13.0. The fraction of sp³-hybridized carbons (Fsp3) is 0.143. The summed E-state index contributed by atoms with van der Waals surface area (Å²) in [4.78, 5) is 43.5. The third-order valence-corrected chi connectivity index (χ3v) is 6.41. The van der Waals surface area contributed by atoms with Crippen LogP contribution in [-0.2, 0) is 11.3 Å². The molecule has 0 spiro atoms. The molecule has 0 aliphatic rings. The van der Waals surface area contributed by atoms with Crippen molar-refractivity contribution in [1.82, 2.24) is 20.4 Å². The van der Waals surface area contributed by atoms with Crippen LogP contribution in [0.2, 0.25) is 0 Å². The number of methoxy groups -OCH3 is 2. The van der Waals surface area contributed by atoms with Crippen LogP contribution >= 0.6 is 22.7 Å². The highest BCUT2D eigenvalue weighted by Gasteiger charge is 2.16. The van der Waals surface area contributed by atoms with E-state index in [2.05, 4.69) is 15.8 Å². The minimum atomic E-state index is -0.574. The van der Waals surface area contributed by atoms with Gasteiger partial charge in [0.25, 0.3) is 17.4 Å². The first-order valence-electron chi connectivity index (χ1n) is 9.33. The molecule has 1 aromatic carbocycles. The Morgan fingerprint density at radius 2 is 1.91 bits per heavy atom. The summed E-state index contributed by atoms with van der Waals surface area (Å²) in [7, 11) is 2.95. The van der Waals surface area contributed by atoms with Gasteiger partial charge in [-0.1, -0.05) is 6.07 Å². The highest BCUT2D eigenvalue weighted by atomic mass is 32.1. The monoisotopic (exact) mass is 470 g/mol. The first kappa shape index (κ1) is 21.5. The van der Waals surface area contributed by atoms with Gasteiger partial charge in [0.2, 0.25) is 0 Å². The lowest BCUT2D eigenvalue weighted by atomic mass is 10.2. The van der Waals surface area contributed by atoms with Gasteiger partial charge in [-0.15, -0.1) is 22.7 Å². The normalized spacial score (nSPS) is 10.7. The number of nitrogens with zero attached hydrogens (tertiary/aromatic N) is 2. The van der Waals surface area contributed by atoms with Crippen LogP contribution in [-0.4, -0.2) is 35.6 Å². The van der Waals surface area contributed by atoms with Crippen LogP contribution in [0.5, 0.6) is 11.5 Å². The van der Waals surface area contributed by atoms with Gasteiger partial charge in [-0.2, -0.15) is 0 Å². The van der Waals surface area contributed by atoms with E-state index in [1.165, 1.54) is 59.9 Å². The van der Waals surface area contributed by atoms with Crippen LogP contribution in [0, 0.1) is 0 Å². The van der Waals surface area contributed by atoms with Crippen molar-refractivity contribution in [3.05, 3.63) is 63.3 Å². The topological polar surface area (TPSA) is 112 Å². The number of hydrogen-bond donors (Lipinski definition) is 2. The molecule has 4 aromatic rings.